The first kappa shape index (κ1) is 12.6. The van der Waals surface area contributed by atoms with Gasteiger partial charge in [0.15, 0.2) is 0 Å². The van der Waals surface area contributed by atoms with Crippen LogP contribution in [0.25, 0.3) is 0 Å². The summed E-state index contributed by atoms with van der Waals surface area (Å²) >= 11 is 1.65. The monoisotopic (exact) mass is 264 g/mol. The van der Waals surface area contributed by atoms with Crippen LogP contribution in [-0.2, 0) is 11.3 Å². The third kappa shape index (κ3) is 2.70. The Morgan fingerprint density at radius 3 is 2.94 bits per heavy atom. The third-order valence-corrected chi connectivity index (χ3v) is 3.93. The van der Waals surface area contributed by atoms with Gasteiger partial charge < -0.3 is 10.6 Å². The van der Waals surface area contributed by atoms with Gasteiger partial charge in [-0.15, -0.1) is 11.3 Å². The standard InChI is InChI=1S/C12H16N4OS/c1-9(10-4-3-7-18-10)15(2)12(17)8-16-6-5-11(13)14-16/h3-7,9H,8H2,1-2H3,(H2,13,14). The first-order chi connectivity index (χ1) is 8.58. The maximum Gasteiger partial charge on any atom is 0.244 e. The molecule has 1 atom stereocenters. The molecule has 2 N–H and O–H groups in total. The molecule has 96 valence electrons. The van der Waals surface area contributed by atoms with Crippen LogP contribution in [0.2, 0.25) is 0 Å². The Kier molecular flexibility index (Phi) is 3.66. The van der Waals surface area contributed by atoms with Crippen LogP contribution in [0.4, 0.5) is 5.82 Å². The van der Waals surface area contributed by atoms with Crippen LogP contribution in [0.3, 0.4) is 0 Å². The van der Waals surface area contributed by atoms with E-state index in [1.54, 1.807) is 40.2 Å². The number of thiophene rings is 1. The number of hydrogen-bond acceptors (Lipinski definition) is 4. The fraction of sp³-hybridized carbons (Fsp3) is 0.333. The van der Waals surface area contributed by atoms with Gasteiger partial charge in [0, 0.05) is 18.1 Å². The molecule has 0 aliphatic rings. The summed E-state index contributed by atoms with van der Waals surface area (Å²) in [6.45, 7) is 2.23. The molecule has 2 heterocycles. The maximum absolute atomic E-state index is 12.1. The molecule has 0 saturated heterocycles. The Balaban J connectivity index is 2.00. The van der Waals surface area contributed by atoms with E-state index in [-0.39, 0.29) is 18.5 Å². The quantitative estimate of drug-likeness (QED) is 0.915. The van der Waals surface area contributed by atoms with Crippen molar-refractivity contribution in [1.82, 2.24) is 14.7 Å². The van der Waals surface area contributed by atoms with Crippen molar-refractivity contribution >= 4 is 23.1 Å². The zero-order valence-electron chi connectivity index (χ0n) is 10.4. The first-order valence-electron chi connectivity index (χ1n) is 5.66. The highest BCUT2D eigenvalue weighted by molar-refractivity contribution is 7.10. The van der Waals surface area contributed by atoms with Crippen LogP contribution < -0.4 is 5.73 Å². The molecule has 0 radical (unpaired) electrons. The van der Waals surface area contributed by atoms with Gasteiger partial charge in [-0.25, -0.2) is 0 Å². The van der Waals surface area contributed by atoms with Crippen molar-refractivity contribution in [3.05, 3.63) is 34.7 Å². The van der Waals surface area contributed by atoms with Gasteiger partial charge in [-0.3, -0.25) is 9.48 Å². The number of nitrogens with two attached hydrogens (primary N) is 1. The predicted octanol–water partition coefficient (Wildman–Crippen LogP) is 1.75. The second-order valence-corrected chi connectivity index (χ2v) is 5.11. The maximum atomic E-state index is 12.1. The summed E-state index contributed by atoms with van der Waals surface area (Å²) in [5.41, 5.74) is 5.51. The number of aromatic nitrogens is 2. The van der Waals surface area contributed by atoms with E-state index in [9.17, 15) is 4.79 Å². The highest BCUT2D eigenvalue weighted by Gasteiger charge is 2.18. The van der Waals surface area contributed by atoms with E-state index in [4.69, 9.17) is 5.73 Å². The number of carbonyl (C=O) groups is 1. The average molecular weight is 264 g/mol. The molecular formula is C12H16N4OS. The normalized spacial score (nSPS) is 12.3. The minimum absolute atomic E-state index is 0.0130. The van der Waals surface area contributed by atoms with Crippen molar-refractivity contribution in [1.29, 1.82) is 0 Å². The van der Waals surface area contributed by atoms with Gasteiger partial charge >= 0.3 is 0 Å². The lowest BCUT2D eigenvalue weighted by atomic mass is 10.2. The van der Waals surface area contributed by atoms with Crippen molar-refractivity contribution in [2.75, 3.05) is 12.8 Å². The molecule has 1 unspecified atom stereocenters. The molecule has 1 amide bonds. The summed E-state index contributed by atoms with van der Waals surface area (Å²) < 4.78 is 1.55. The van der Waals surface area contributed by atoms with Crippen LogP contribution in [0.15, 0.2) is 29.8 Å². The number of amides is 1. The number of rotatable bonds is 4. The Bertz CT molecular complexity index is 520. The van der Waals surface area contributed by atoms with Crippen LogP contribution in [0.5, 0.6) is 0 Å². The molecule has 2 rings (SSSR count). The van der Waals surface area contributed by atoms with Crippen LogP contribution >= 0.6 is 11.3 Å². The Labute approximate surface area is 110 Å². The topological polar surface area (TPSA) is 64.2 Å². The lowest BCUT2D eigenvalue weighted by Crippen LogP contribution is -2.32. The summed E-state index contributed by atoms with van der Waals surface area (Å²) in [4.78, 5) is 15.0. The van der Waals surface area contributed by atoms with Gasteiger partial charge in [-0.1, -0.05) is 6.07 Å². The number of likely N-dealkylation sites (N-methyl/N-ethyl adjacent to an activating group) is 1. The zero-order valence-corrected chi connectivity index (χ0v) is 11.2. The van der Waals surface area contributed by atoms with Gasteiger partial charge in [-0.2, -0.15) is 5.10 Å². The van der Waals surface area contributed by atoms with Crippen LogP contribution in [0.1, 0.15) is 17.8 Å². The Morgan fingerprint density at radius 2 is 2.39 bits per heavy atom. The fourth-order valence-corrected chi connectivity index (χ4v) is 2.48. The zero-order chi connectivity index (χ0) is 13.1. The molecule has 0 aliphatic carbocycles. The molecule has 2 aromatic rings. The summed E-state index contributed by atoms with van der Waals surface area (Å²) in [5.74, 6) is 0.441. The number of nitrogens with zero attached hydrogens (tertiary/aromatic N) is 3. The summed E-state index contributed by atoms with van der Waals surface area (Å²) in [6, 6.07) is 5.77. The van der Waals surface area contributed by atoms with Gasteiger partial charge in [-0.05, 0) is 24.4 Å². The highest BCUT2D eigenvalue weighted by Crippen LogP contribution is 2.23. The molecule has 5 nitrogen and oxygen atoms in total. The smallest absolute Gasteiger partial charge is 0.244 e. The predicted molar refractivity (Wildman–Crippen MR) is 72.1 cm³/mol. The van der Waals surface area contributed by atoms with Crippen molar-refractivity contribution in [2.45, 2.75) is 19.5 Å². The van der Waals surface area contributed by atoms with Gasteiger partial charge in [0.2, 0.25) is 5.91 Å². The first-order valence-corrected chi connectivity index (χ1v) is 6.54. The number of anilines is 1. The summed E-state index contributed by atoms with van der Waals surface area (Å²) in [7, 11) is 1.81. The van der Waals surface area contributed by atoms with Crippen molar-refractivity contribution in [3.8, 4) is 0 Å². The van der Waals surface area contributed by atoms with Crippen LogP contribution in [-0.4, -0.2) is 27.6 Å². The van der Waals surface area contributed by atoms with E-state index in [0.717, 1.165) is 0 Å². The second-order valence-electron chi connectivity index (χ2n) is 4.13. The van der Waals surface area contributed by atoms with E-state index < -0.39 is 0 Å². The van der Waals surface area contributed by atoms with E-state index in [0.29, 0.717) is 5.82 Å². The van der Waals surface area contributed by atoms with Gasteiger partial charge in [0.05, 0.1) is 6.04 Å². The van der Waals surface area contributed by atoms with Crippen molar-refractivity contribution in [3.63, 3.8) is 0 Å². The molecule has 6 heteroatoms. The van der Waals surface area contributed by atoms with E-state index >= 15 is 0 Å². The van der Waals surface area contributed by atoms with E-state index in [1.807, 2.05) is 24.4 Å². The highest BCUT2D eigenvalue weighted by atomic mass is 32.1. The molecule has 0 spiro atoms. The lowest BCUT2D eigenvalue weighted by Gasteiger charge is -2.24. The van der Waals surface area contributed by atoms with Crippen LogP contribution in [0, 0.1) is 0 Å². The minimum Gasteiger partial charge on any atom is -0.382 e. The molecule has 0 bridgehead atoms. The van der Waals surface area contributed by atoms with Gasteiger partial charge in [0.1, 0.15) is 12.4 Å². The van der Waals surface area contributed by atoms with Gasteiger partial charge in [0.25, 0.3) is 0 Å². The van der Waals surface area contributed by atoms with Crippen molar-refractivity contribution in [2.24, 2.45) is 0 Å². The Morgan fingerprint density at radius 1 is 1.61 bits per heavy atom. The lowest BCUT2D eigenvalue weighted by molar-refractivity contribution is -0.132. The average Bonchev–Trinajstić information content (AvgIpc) is 2.98. The van der Waals surface area contributed by atoms with E-state index in [2.05, 4.69) is 5.10 Å². The molecule has 0 aromatic carbocycles. The second kappa shape index (κ2) is 5.22. The minimum atomic E-state index is 0.0130. The molecular weight excluding hydrogens is 248 g/mol. The molecule has 0 aliphatic heterocycles. The number of hydrogen-bond donors (Lipinski definition) is 1. The third-order valence-electron chi connectivity index (χ3n) is 2.89. The Hall–Kier alpha value is -1.82. The van der Waals surface area contributed by atoms with E-state index in [1.165, 1.54) is 4.88 Å². The summed E-state index contributed by atoms with van der Waals surface area (Å²) in [5, 5.41) is 6.02. The number of nitrogen functional groups attached to an aromatic ring is 1. The fourth-order valence-electron chi connectivity index (χ4n) is 1.65. The molecule has 2 aromatic heterocycles. The SMILES string of the molecule is CC(c1cccs1)N(C)C(=O)Cn1ccc(N)n1. The van der Waals surface area contributed by atoms with Crippen molar-refractivity contribution < 1.29 is 4.79 Å². The molecule has 0 saturated carbocycles. The molecule has 18 heavy (non-hydrogen) atoms. The largest absolute Gasteiger partial charge is 0.382 e. The summed E-state index contributed by atoms with van der Waals surface area (Å²) in [6.07, 6.45) is 1.71. The molecule has 0 fully saturated rings. The number of carbonyl (C=O) groups excluding carboxylic acids is 1.